The molecule has 0 spiro atoms. The van der Waals surface area contributed by atoms with Crippen molar-refractivity contribution in [2.24, 2.45) is 0 Å². The molecule has 3 rings (SSSR count). The highest BCUT2D eigenvalue weighted by Crippen LogP contribution is 2.37. The summed E-state index contributed by atoms with van der Waals surface area (Å²) in [5.74, 6) is 0.682. The number of hydrogen-bond acceptors (Lipinski definition) is 4. The highest BCUT2D eigenvalue weighted by Gasteiger charge is 2.31. The van der Waals surface area contributed by atoms with Gasteiger partial charge in [0.15, 0.2) is 0 Å². The zero-order valence-electron chi connectivity index (χ0n) is 14.2. The summed E-state index contributed by atoms with van der Waals surface area (Å²) < 4.78 is 6.53. The van der Waals surface area contributed by atoms with Crippen molar-refractivity contribution in [1.82, 2.24) is 4.90 Å². The van der Waals surface area contributed by atoms with Crippen LogP contribution in [0, 0.1) is 0 Å². The van der Waals surface area contributed by atoms with Crippen molar-refractivity contribution in [3.8, 4) is 5.75 Å². The van der Waals surface area contributed by atoms with Crippen LogP contribution < -0.4 is 4.74 Å². The maximum absolute atomic E-state index is 12.6. The van der Waals surface area contributed by atoms with E-state index in [0.717, 1.165) is 22.1 Å². The first-order valence-electron chi connectivity index (χ1n) is 8.06. The third-order valence-electron chi connectivity index (χ3n) is 3.75. The van der Waals surface area contributed by atoms with Crippen LogP contribution in [0.15, 0.2) is 54.0 Å². The standard InChI is InChI=1S/C20H19NO2S2/c1-4-11-21-19(22)18(25-20(21)24)12-16-15-8-6-5-7-14(15)9-10-17(16)23-13(2)3/h4-10,12-13H,1,11H2,2-3H3/b18-12-. The molecule has 0 aliphatic carbocycles. The summed E-state index contributed by atoms with van der Waals surface area (Å²) in [6, 6.07) is 12.1. The van der Waals surface area contributed by atoms with Crippen molar-refractivity contribution in [2.45, 2.75) is 20.0 Å². The quantitative estimate of drug-likeness (QED) is 0.421. The van der Waals surface area contributed by atoms with E-state index in [-0.39, 0.29) is 12.0 Å². The Hall–Kier alpha value is -2.11. The molecule has 1 amide bonds. The summed E-state index contributed by atoms with van der Waals surface area (Å²) in [5, 5.41) is 2.15. The number of ether oxygens (including phenoxy) is 1. The third-order valence-corrected chi connectivity index (χ3v) is 5.13. The molecule has 2 aromatic carbocycles. The Morgan fingerprint density at radius 2 is 2.04 bits per heavy atom. The fraction of sp³-hybridized carbons (Fsp3) is 0.200. The van der Waals surface area contributed by atoms with Gasteiger partial charge in [0, 0.05) is 12.1 Å². The van der Waals surface area contributed by atoms with Crippen LogP contribution in [0.4, 0.5) is 0 Å². The predicted molar refractivity (Wildman–Crippen MR) is 110 cm³/mol. The molecule has 128 valence electrons. The average Bonchev–Trinajstić information content (AvgIpc) is 2.84. The van der Waals surface area contributed by atoms with Gasteiger partial charge in [0.05, 0.1) is 11.0 Å². The van der Waals surface area contributed by atoms with Crippen molar-refractivity contribution in [3.63, 3.8) is 0 Å². The van der Waals surface area contributed by atoms with Crippen molar-refractivity contribution >= 4 is 51.1 Å². The molecule has 1 saturated heterocycles. The highest BCUT2D eigenvalue weighted by atomic mass is 32.2. The summed E-state index contributed by atoms with van der Waals surface area (Å²) in [6.07, 6.45) is 3.62. The summed E-state index contributed by atoms with van der Waals surface area (Å²) in [4.78, 5) is 14.8. The van der Waals surface area contributed by atoms with E-state index in [0.29, 0.717) is 15.8 Å². The Balaban J connectivity index is 2.12. The number of thioether (sulfide) groups is 1. The molecule has 3 nitrogen and oxygen atoms in total. The summed E-state index contributed by atoms with van der Waals surface area (Å²) >= 11 is 6.64. The number of nitrogens with zero attached hydrogens (tertiary/aromatic N) is 1. The average molecular weight is 370 g/mol. The first-order valence-corrected chi connectivity index (χ1v) is 9.28. The first-order chi connectivity index (χ1) is 12.0. The van der Waals surface area contributed by atoms with E-state index in [1.54, 1.807) is 11.0 Å². The lowest BCUT2D eigenvalue weighted by Gasteiger charge is -2.15. The molecule has 2 aromatic rings. The lowest BCUT2D eigenvalue weighted by molar-refractivity contribution is -0.121. The van der Waals surface area contributed by atoms with Gasteiger partial charge in [-0.15, -0.1) is 6.58 Å². The van der Waals surface area contributed by atoms with Crippen molar-refractivity contribution in [2.75, 3.05) is 6.54 Å². The number of thiocarbonyl (C=S) groups is 1. The van der Waals surface area contributed by atoms with Gasteiger partial charge in [-0.2, -0.15) is 0 Å². The fourth-order valence-corrected chi connectivity index (χ4v) is 3.96. The zero-order valence-corrected chi connectivity index (χ0v) is 15.8. The van der Waals surface area contributed by atoms with E-state index in [9.17, 15) is 4.79 Å². The molecule has 1 fully saturated rings. The maximum atomic E-state index is 12.6. The monoisotopic (exact) mass is 369 g/mol. The molecule has 0 bridgehead atoms. The maximum Gasteiger partial charge on any atom is 0.266 e. The van der Waals surface area contributed by atoms with Crippen LogP contribution in [0.3, 0.4) is 0 Å². The minimum atomic E-state index is -0.0849. The molecule has 0 unspecified atom stereocenters. The zero-order chi connectivity index (χ0) is 18.0. The Kier molecular flexibility index (Phi) is 5.25. The lowest BCUT2D eigenvalue weighted by Crippen LogP contribution is -2.27. The molecular weight excluding hydrogens is 350 g/mol. The third kappa shape index (κ3) is 3.62. The fourth-order valence-electron chi connectivity index (χ4n) is 2.70. The number of carbonyl (C=O) groups excluding carboxylic acids is 1. The van der Waals surface area contributed by atoms with E-state index in [1.165, 1.54) is 11.8 Å². The van der Waals surface area contributed by atoms with Crippen molar-refractivity contribution in [3.05, 3.63) is 59.5 Å². The number of benzene rings is 2. The minimum Gasteiger partial charge on any atom is -0.490 e. The number of hydrogen-bond donors (Lipinski definition) is 0. The van der Waals surface area contributed by atoms with Crippen molar-refractivity contribution in [1.29, 1.82) is 0 Å². The number of carbonyl (C=O) groups is 1. The second kappa shape index (κ2) is 7.42. The van der Waals surface area contributed by atoms with Gasteiger partial charge in [-0.1, -0.05) is 60.4 Å². The predicted octanol–water partition coefficient (Wildman–Crippen LogP) is 5.01. The van der Waals surface area contributed by atoms with Crippen LogP contribution in [0.25, 0.3) is 16.8 Å². The molecule has 0 N–H and O–H groups in total. The van der Waals surface area contributed by atoms with Crippen molar-refractivity contribution < 1.29 is 9.53 Å². The lowest BCUT2D eigenvalue weighted by atomic mass is 10.0. The van der Waals surface area contributed by atoms with E-state index in [2.05, 4.69) is 12.6 Å². The summed E-state index contributed by atoms with van der Waals surface area (Å²) in [5.41, 5.74) is 0.908. The van der Waals surface area contributed by atoms with Gasteiger partial charge in [0.25, 0.3) is 5.91 Å². The van der Waals surface area contributed by atoms with Crippen LogP contribution in [0.1, 0.15) is 19.4 Å². The molecule has 0 aromatic heterocycles. The highest BCUT2D eigenvalue weighted by molar-refractivity contribution is 8.26. The van der Waals surface area contributed by atoms with Gasteiger partial charge in [0.1, 0.15) is 10.1 Å². The van der Waals surface area contributed by atoms with E-state index < -0.39 is 0 Å². The largest absolute Gasteiger partial charge is 0.490 e. The molecule has 5 heteroatoms. The summed E-state index contributed by atoms with van der Waals surface area (Å²) in [6.45, 7) is 8.09. The van der Waals surface area contributed by atoms with Gasteiger partial charge >= 0.3 is 0 Å². The number of rotatable bonds is 5. The Labute approximate surface area is 157 Å². The van der Waals surface area contributed by atoms with Crippen LogP contribution in [0.2, 0.25) is 0 Å². The van der Waals surface area contributed by atoms with E-state index in [4.69, 9.17) is 17.0 Å². The molecule has 0 saturated carbocycles. The van der Waals surface area contributed by atoms with Gasteiger partial charge in [-0.3, -0.25) is 9.69 Å². The first kappa shape index (κ1) is 17.7. The van der Waals surface area contributed by atoms with Gasteiger partial charge in [-0.25, -0.2) is 0 Å². The molecule has 1 aliphatic rings. The number of amides is 1. The topological polar surface area (TPSA) is 29.5 Å². The van der Waals surface area contributed by atoms with Crippen LogP contribution in [-0.4, -0.2) is 27.8 Å². The van der Waals surface area contributed by atoms with Gasteiger partial charge in [0.2, 0.25) is 0 Å². The molecule has 0 atom stereocenters. The second-order valence-corrected chi connectivity index (χ2v) is 7.62. The summed E-state index contributed by atoms with van der Waals surface area (Å²) in [7, 11) is 0. The Morgan fingerprint density at radius 1 is 1.28 bits per heavy atom. The Morgan fingerprint density at radius 3 is 2.76 bits per heavy atom. The number of fused-ring (bicyclic) bond motifs is 1. The van der Waals surface area contributed by atoms with Gasteiger partial charge in [-0.05, 0) is 36.8 Å². The SMILES string of the molecule is C=CCN1C(=O)/C(=C/c2c(OC(C)C)ccc3ccccc23)SC1=S. The minimum absolute atomic E-state index is 0.0450. The Bertz CT molecular complexity index is 886. The van der Waals surface area contributed by atoms with Crippen LogP contribution >= 0.6 is 24.0 Å². The van der Waals surface area contributed by atoms with Gasteiger partial charge < -0.3 is 4.74 Å². The molecule has 0 radical (unpaired) electrons. The van der Waals surface area contributed by atoms with Crippen LogP contribution in [0.5, 0.6) is 5.75 Å². The van der Waals surface area contributed by atoms with E-state index in [1.807, 2.05) is 50.3 Å². The molecule has 1 aliphatic heterocycles. The normalized spacial score (nSPS) is 16.3. The van der Waals surface area contributed by atoms with E-state index >= 15 is 0 Å². The molecule has 25 heavy (non-hydrogen) atoms. The molecular formula is C20H19NO2S2. The van der Waals surface area contributed by atoms with Crippen LogP contribution in [-0.2, 0) is 4.79 Å². The smallest absolute Gasteiger partial charge is 0.266 e. The molecule has 1 heterocycles. The second-order valence-electron chi connectivity index (χ2n) is 5.95.